The number of hydrogen-bond donors (Lipinski definition) is 1. The molecule has 0 saturated heterocycles. The molecule has 1 N–H and O–H groups in total. The zero-order chi connectivity index (χ0) is 14.7. The third-order valence-corrected chi connectivity index (χ3v) is 4.13. The predicted octanol–water partition coefficient (Wildman–Crippen LogP) is 4.36. The molecule has 0 amide bonds. The highest BCUT2D eigenvalue weighted by atomic mass is 32.3. The summed E-state index contributed by atoms with van der Waals surface area (Å²) in [7, 11) is -4.32. The van der Waals surface area contributed by atoms with Crippen molar-refractivity contribution in [3.05, 3.63) is 0 Å². The van der Waals surface area contributed by atoms with Gasteiger partial charge in [0.25, 0.3) is 0 Å². The summed E-state index contributed by atoms with van der Waals surface area (Å²) in [5, 5.41) is 0. The topological polar surface area (TPSA) is 63.6 Å². The van der Waals surface area contributed by atoms with Crippen molar-refractivity contribution >= 4 is 10.4 Å². The molecule has 2 unspecified atom stereocenters. The SMILES string of the molecule is CCCCCCCCCCC(C)C(C)OS(=O)(=O)O. The highest BCUT2D eigenvalue weighted by Gasteiger charge is 2.18. The van der Waals surface area contributed by atoms with Crippen molar-refractivity contribution in [2.45, 2.75) is 84.7 Å². The van der Waals surface area contributed by atoms with Crippen LogP contribution in [-0.4, -0.2) is 19.1 Å². The van der Waals surface area contributed by atoms with Crippen LogP contribution in [0.25, 0.3) is 0 Å². The molecule has 0 fully saturated rings. The normalized spacial score (nSPS) is 15.4. The van der Waals surface area contributed by atoms with Gasteiger partial charge in [-0.3, -0.25) is 4.55 Å². The average Bonchev–Trinajstić information content (AvgIpc) is 2.30. The van der Waals surface area contributed by atoms with E-state index in [1.165, 1.54) is 44.9 Å². The molecule has 0 aliphatic carbocycles. The molecule has 116 valence electrons. The van der Waals surface area contributed by atoms with Crippen molar-refractivity contribution in [3.63, 3.8) is 0 Å². The van der Waals surface area contributed by atoms with Crippen molar-refractivity contribution in [1.82, 2.24) is 0 Å². The van der Waals surface area contributed by atoms with E-state index in [1.54, 1.807) is 6.92 Å². The first-order valence-corrected chi connectivity index (χ1v) is 8.89. The number of hydrogen-bond acceptors (Lipinski definition) is 3. The summed E-state index contributed by atoms with van der Waals surface area (Å²) in [6.45, 7) is 5.86. The fraction of sp³-hybridized carbons (Fsp3) is 1.00. The second-order valence-corrected chi connectivity index (χ2v) is 6.52. The van der Waals surface area contributed by atoms with Gasteiger partial charge in [0.1, 0.15) is 0 Å². The third-order valence-electron chi connectivity index (χ3n) is 3.59. The van der Waals surface area contributed by atoms with Crippen LogP contribution in [-0.2, 0) is 14.6 Å². The lowest BCUT2D eigenvalue weighted by atomic mass is 9.98. The Labute approximate surface area is 118 Å². The van der Waals surface area contributed by atoms with Crippen molar-refractivity contribution in [2.24, 2.45) is 5.92 Å². The maximum absolute atomic E-state index is 10.6. The first kappa shape index (κ1) is 18.9. The molecule has 0 saturated carbocycles. The summed E-state index contributed by atoms with van der Waals surface area (Å²) in [4.78, 5) is 0. The Bertz CT molecular complexity index is 301. The van der Waals surface area contributed by atoms with Crippen molar-refractivity contribution in [2.75, 3.05) is 0 Å². The summed E-state index contributed by atoms with van der Waals surface area (Å²) in [5.74, 6) is 0.141. The van der Waals surface area contributed by atoms with Crippen molar-refractivity contribution < 1.29 is 17.2 Å². The molecule has 0 rings (SSSR count). The minimum atomic E-state index is -4.32. The Kier molecular flexibility index (Phi) is 10.6. The molecule has 0 aromatic carbocycles. The van der Waals surface area contributed by atoms with Crippen LogP contribution in [0, 0.1) is 5.92 Å². The predicted molar refractivity (Wildman–Crippen MR) is 78.5 cm³/mol. The van der Waals surface area contributed by atoms with Crippen LogP contribution < -0.4 is 0 Å². The Morgan fingerprint density at radius 2 is 1.42 bits per heavy atom. The van der Waals surface area contributed by atoms with E-state index < -0.39 is 16.5 Å². The van der Waals surface area contributed by atoms with Crippen LogP contribution in [0.4, 0.5) is 0 Å². The Hall–Kier alpha value is -0.130. The van der Waals surface area contributed by atoms with Gasteiger partial charge in [-0.05, 0) is 19.3 Å². The van der Waals surface area contributed by atoms with Gasteiger partial charge in [0, 0.05) is 0 Å². The molecule has 0 aliphatic rings. The molecule has 0 heterocycles. The molecule has 0 aromatic heterocycles. The van der Waals surface area contributed by atoms with Crippen molar-refractivity contribution in [1.29, 1.82) is 0 Å². The third kappa shape index (κ3) is 12.6. The van der Waals surface area contributed by atoms with Crippen LogP contribution in [0.1, 0.15) is 78.6 Å². The van der Waals surface area contributed by atoms with Crippen LogP contribution in [0.2, 0.25) is 0 Å². The van der Waals surface area contributed by atoms with Gasteiger partial charge in [0.05, 0.1) is 6.10 Å². The fourth-order valence-electron chi connectivity index (χ4n) is 2.12. The Morgan fingerprint density at radius 1 is 0.947 bits per heavy atom. The fourth-order valence-corrected chi connectivity index (χ4v) is 2.69. The average molecular weight is 294 g/mol. The summed E-state index contributed by atoms with van der Waals surface area (Å²) >= 11 is 0. The quantitative estimate of drug-likeness (QED) is 0.429. The van der Waals surface area contributed by atoms with Gasteiger partial charge in [0.2, 0.25) is 0 Å². The lowest BCUT2D eigenvalue weighted by Crippen LogP contribution is -2.21. The molecule has 0 aromatic rings. The molecule has 0 bridgehead atoms. The lowest BCUT2D eigenvalue weighted by Gasteiger charge is -2.18. The molecule has 2 atom stereocenters. The number of rotatable bonds is 12. The maximum atomic E-state index is 10.6. The first-order chi connectivity index (χ1) is 8.87. The molecule has 0 radical (unpaired) electrons. The van der Waals surface area contributed by atoms with Gasteiger partial charge in [-0.25, -0.2) is 4.18 Å². The van der Waals surface area contributed by atoms with Crippen LogP contribution in [0.5, 0.6) is 0 Å². The summed E-state index contributed by atoms with van der Waals surface area (Å²) in [5.41, 5.74) is 0. The van der Waals surface area contributed by atoms with Crippen LogP contribution in [0.15, 0.2) is 0 Å². The largest absolute Gasteiger partial charge is 0.397 e. The molecule has 5 heteroatoms. The Balaban J connectivity index is 3.50. The summed E-state index contributed by atoms with van der Waals surface area (Å²) in [6.07, 6.45) is 10.6. The molecular formula is C14H30O4S. The van der Waals surface area contributed by atoms with Gasteiger partial charge in [-0.2, -0.15) is 8.42 Å². The zero-order valence-electron chi connectivity index (χ0n) is 12.6. The van der Waals surface area contributed by atoms with Gasteiger partial charge in [0.15, 0.2) is 0 Å². The maximum Gasteiger partial charge on any atom is 0.397 e. The standard InChI is InChI=1S/C14H30O4S/c1-4-5-6-7-8-9-10-11-12-13(2)14(3)18-19(15,16)17/h13-14H,4-12H2,1-3H3,(H,15,16,17). The smallest absolute Gasteiger partial charge is 0.264 e. The monoisotopic (exact) mass is 294 g/mol. The highest BCUT2D eigenvalue weighted by molar-refractivity contribution is 7.80. The van der Waals surface area contributed by atoms with Crippen molar-refractivity contribution in [3.8, 4) is 0 Å². The molecule has 4 nitrogen and oxygen atoms in total. The Morgan fingerprint density at radius 3 is 1.89 bits per heavy atom. The van der Waals surface area contributed by atoms with E-state index in [9.17, 15) is 8.42 Å². The van der Waals surface area contributed by atoms with E-state index in [4.69, 9.17) is 4.55 Å². The van der Waals surface area contributed by atoms with E-state index >= 15 is 0 Å². The van der Waals surface area contributed by atoms with Crippen LogP contribution in [0.3, 0.4) is 0 Å². The molecule has 19 heavy (non-hydrogen) atoms. The van der Waals surface area contributed by atoms with Gasteiger partial charge in [-0.1, -0.05) is 65.2 Å². The highest BCUT2D eigenvalue weighted by Crippen LogP contribution is 2.18. The van der Waals surface area contributed by atoms with Gasteiger partial charge >= 0.3 is 10.4 Å². The second-order valence-electron chi connectivity index (χ2n) is 5.47. The second kappa shape index (κ2) is 10.6. The summed E-state index contributed by atoms with van der Waals surface area (Å²) < 4.78 is 34.3. The van der Waals surface area contributed by atoms with E-state index in [0.717, 1.165) is 12.8 Å². The van der Waals surface area contributed by atoms with E-state index in [2.05, 4.69) is 11.1 Å². The molecular weight excluding hydrogens is 264 g/mol. The lowest BCUT2D eigenvalue weighted by molar-refractivity contribution is 0.140. The minimum Gasteiger partial charge on any atom is -0.264 e. The van der Waals surface area contributed by atoms with Crippen LogP contribution >= 0.6 is 0 Å². The number of unbranched alkanes of at least 4 members (excludes halogenated alkanes) is 7. The minimum absolute atomic E-state index is 0.141. The van der Waals surface area contributed by atoms with E-state index in [0.29, 0.717) is 0 Å². The summed E-state index contributed by atoms with van der Waals surface area (Å²) in [6, 6.07) is 0. The van der Waals surface area contributed by atoms with E-state index in [1.807, 2.05) is 6.92 Å². The first-order valence-electron chi connectivity index (χ1n) is 7.52. The van der Waals surface area contributed by atoms with E-state index in [-0.39, 0.29) is 5.92 Å². The van der Waals surface area contributed by atoms with Gasteiger partial charge < -0.3 is 0 Å². The van der Waals surface area contributed by atoms with Gasteiger partial charge in [-0.15, -0.1) is 0 Å². The zero-order valence-corrected chi connectivity index (χ0v) is 13.4. The molecule has 0 aliphatic heterocycles. The molecule has 0 spiro atoms.